The number of aromatic nitrogens is 2. The number of rotatable bonds is 5. The van der Waals surface area contributed by atoms with Gasteiger partial charge in [0, 0.05) is 23.9 Å². The maximum Gasteiger partial charge on any atom is 0.416 e. The first-order chi connectivity index (χ1) is 15.2. The Bertz CT molecular complexity index is 1100. The Labute approximate surface area is 181 Å². The summed E-state index contributed by atoms with van der Waals surface area (Å²) in [5.74, 6) is -1.56. The van der Waals surface area contributed by atoms with Crippen LogP contribution in [0.5, 0.6) is 0 Å². The maximum atomic E-state index is 13.4. The zero-order chi connectivity index (χ0) is 22.9. The Morgan fingerprint density at radius 2 is 1.78 bits per heavy atom. The number of likely N-dealkylation sites (tertiary alicyclic amines) is 1. The second-order valence-electron chi connectivity index (χ2n) is 7.89. The minimum absolute atomic E-state index is 0.263. The van der Waals surface area contributed by atoms with Crippen LogP contribution in [-0.4, -0.2) is 38.8 Å². The molecule has 168 valence electrons. The molecule has 2 aromatic carbocycles. The lowest BCUT2D eigenvalue weighted by molar-refractivity contribution is -0.143. The fourth-order valence-electron chi connectivity index (χ4n) is 3.91. The van der Waals surface area contributed by atoms with Crippen LogP contribution in [0.2, 0.25) is 0 Å². The second kappa shape index (κ2) is 8.74. The smallest absolute Gasteiger partial charge is 0.416 e. The van der Waals surface area contributed by atoms with Gasteiger partial charge in [-0.3, -0.25) is 9.69 Å². The number of nitrogens with zero attached hydrogens (tertiary/aromatic N) is 3. The van der Waals surface area contributed by atoms with E-state index in [9.17, 15) is 27.5 Å². The number of hydrogen-bond acceptors (Lipinski definition) is 3. The van der Waals surface area contributed by atoms with Gasteiger partial charge in [-0.1, -0.05) is 6.07 Å². The summed E-state index contributed by atoms with van der Waals surface area (Å²) in [5, 5.41) is 13.7. The van der Waals surface area contributed by atoms with E-state index in [1.54, 1.807) is 24.4 Å². The van der Waals surface area contributed by atoms with Gasteiger partial charge in [-0.15, -0.1) is 0 Å². The van der Waals surface area contributed by atoms with Gasteiger partial charge < -0.3 is 5.11 Å². The number of piperidine rings is 1. The normalized spacial score (nSPS) is 15.8. The molecule has 1 N–H and O–H groups in total. The van der Waals surface area contributed by atoms with Gasteiger partial charge in [0.05, 0.1) is 22.9 Å². The Hall–Kier alpha value is -3.20. The van der Waals surface area contributed by atoms with Gasteiger partial charge in [0.1, 0.15) is 5.82 Å². The van der Waals surface area contributed by atoms with Crippen LogP contribution in [0.4, 0.5) is 17.6 Å². The number of aliphatic carboxylic acids is 1. The van der Waals surface area contributed by atoms with Crippen LogP contribution in [0.3, 0.4) is 0 Å². The highest BCUT2D eigenvalue weighted by Crippen LogP contribution is 2.31. The van der Waals surface area contributed by atoms with Crippen molar-refractivity contribution in [3.05, 3.63) is 71.7 Å². The molecular weight excluding hydrogens is 426 g/mol. The molecule has 1 aliphatic heterocycles. The van der Waals surface area contributed by atoms with E-state index in [4.69, 9.17) is 0 Å². The van der Waals surface area contributed by atoms with E-state index in [1.165, 1.54) is 22.9 Å². The monoisotopic (exact) mass is 447 g/mol. The van der Waals surface area contributed by atoms with Crippen molar-refractivity contribution >= 4 is 5.97 Å². The predicted octanol–water partition coefficient (Wildman–Crippen LogP) is 4.99. The fourth-order valence-corrected chi connectivity index (χ4v) is 3.91. The Morgan fingerprint density at radius 3 is 2.41 bits per heavy atom. The first-order valence-electron chi connectivity index (χ1n) is 10.2. The minimum Gasteiger partial charge on any atom is -0.481 e. The minimum atomic E-state index is -4.47. The summed E-state index contributed by atoms with van der Waals surface area (Å²) in [7, 11) is 0. The van der Waals surface area contributed by atoms with Crippen molar-refractivity contribution in [3.63, 3.8) is 0 Å². The highest BCUT2D eigenvalue weighted by Gasteiger charge is 2.31. The van der Waals surface area contributed by atoms with Crippen LogP contribution < -0.4 is 0 Å². The molecule has 0 saturated carbocycles. The zero-order valence-corrected chi connectivity index (χ0v) is 17.0. The SMILES string of the molecule is O=C(O)C1CCN(Cc2cn(-c3cccc(C(F)(F)F)c3)nc2-c2ccc(F)cc2)CC1. The molecule has 0 atom stereocenters. The number of carbonyl (C=O) groups is 1. The topological polar surface area (TPSA) is 58.4 Å². The molecule has 32 heavy (non-hydrogen) atoms. The quantitative estimate of drug-likeness (QED) is 0.560. The summed E-state index contributed by atoms with van der Waals surface area (Å²) >= 11 is 0. The summed E-state index contributed by atoms with van der Waals surface area (Å²) < 4.78 is 54.3. The summed E-state index contributed by atoms with van der Waals surface area (Å²) in [6.07, 6.45) is -1.73. The molecule has 1 aromatic heterocycles. The Balaban J connectivity index is 1.67. The number of alkyl halides is 3. The molecule has 5 nitrogen and oxygen atoms in total. The number of benzene rings is 2. The molecule has 0 unspecified atom stereocenters. The zero-order valence-electron chi connectivity index (χ0n) is 17.0. The van der Waals surface area contributed by atoms with Crippen molar-refractivity contribution in [1.82, 2.24) is 14.7 Å². The Morgan fingerprint density at radius 1 is 1.09 bits per heavy atom. The summed E-state index contributed by atoms with van der Waals surface area (Å²) in [6, 6.07) is 10.7. The van der Waals surface area contributed by atoms with Gasteiger partial charge in [-0.2, -0.15) is 18.3 Å². The van der Waals surface area contributed by atoms with Crippen LogP contribution in [0.15, 0.2) is 54.7 Å². The summed E-state index contributed by atoms with van der Waals surface area (Å²) in [4.78, 5) is 13.3. The highest BCUT2D eigenvalue weighted by molar-refractivity contribution is 5.70. The average molecular weight is 447 g/mol. The Kier molecular flexibility index (Phi) is 6.01. The third-order valence-electron chi connectivity index (χ3n) is 5.68. The van der Waals surface area contributed by atoms with Crippen LogP contribution >= 0.6 is 0 Å². The van der Waals surface area contributed by atoms with Gasteiger partial charge in [0.15, 0.2) is 0 Å². The molecule has 9 heteroatoms. The van der Waals surface area contributed by atoms with E-state index < -0.39 is 23.5 Å². The van der Waals surface area contributed by atoms with Crippen molar-refractivity contribution in [2.45, 2.75) is 25.6 Å². The molecule has 4 rings (SSSR count). The molecular formula is C23H21F4N3O2. The largest absolute Gasteiger partial charge is 0.481 e. The standard InChI is InChI=1S/C23H21F4N3O2/c24-19-6-4-15(5-7-19)21-17(13-29-10-8-16(9-11-29)22(31)32)14-30(28-21)20-3-1-2-18(12-20)23(25,26)27/h1-7,12,14,16H,8-11,13H2,(H,31,32). The first kappa shape index (κ1) is 22.0. The van der Waals surface area contributed by atoms with Crippen LogP contribution in [-0.2, 0) is 17.5 Å². The first-order valence-corrected chi connectivity index (χ1v) is 10.2. The molecule has 0 bridgehead atoms. The van der Waals surface area contributed by atoms with Gasteiger partial charge in [0.25, 0.3) is 0 Å². The van der Waals surface area contributed by atoms with Gasteiger partial charge in [-0.25, -0.2) is 9.07 Å². The van der Waals surface area contributed by atoms with E-state index in [0.717, 1.165) is 17.7 Å². The second-order valence-corrected chi connectivity index (χ2v) is 7.89. The van der Waals surface area contributed by atoms with Gasteiger partial charge in [0.2, 0.25) is 0 Å². The lowest BCUT2D eigenvalue weighted by Gasteiger charge is -2.29. The molecule has 0 radical (unpaired) electrons. The number of halogens is 4. The van der Waals surface area contributed by atoms with Crippen molar-refractivity contribution < 1.29 is 27.5 Å². The lowest BCUT2D eigenvalue weighted by Crippen LogP contribution is -2.35. The lowest BCUT2D eigenvalue weighted by atomic mass is 9.96. The van der Waals surface area contributed by atoms with Crippen molar-refractivity contribution in [1.29, 1.82) is 0 Å². The molecule has 0 spiro atoms. The number of hydrogen-bond donors (Lipinski definition) is 1. The molecule has 2 heterocycles. The molecule has 0 amide bonds. The van der Waals surface area contributed by atoms with E-state index in [0.29, 0.717) is 43.7 Å². The third-order valence-corrected chi connectivity index (χ3v) is 5.68. The van der Waals surface area contributed by atoms with Crippen LogP contribution in [0.25, 0.3) is 16.9 Å². The van der Waals surface area contributed by atoms with Crippen LogP contribution in [0, 0.1) is 11.7 Å². The highest BCUT2D eigenvalue weighted by atomic mass is 19.4. The number of carboxylic acids is 1. The molecule has 1 fully saturated rings. The molecule has 3 aromatic rings. The molecule has 0 aliphatic carbocycles. The summed E-state index contributed by atoms with van der Waals surface area (Å²) in [5.41, 5.74) is 1.45. The van der Waals surface area contributed by atoms with Crippen LogP contribution in [0.1, 0.15) is 24.0 Å². The van der Waals surface area contributed by atoms with Crippen molar-refractivity contribution in [2.24, 2.45) is 5.92 Å². The van der Waals surface area contributed by atoms with E-state index in [2.05, 4.69) is 10.00 Å². The van der Waals surface area contributed by atoms with Gasteiger partial charge >= 0.3 is 12.1 Å². The van der Waals surface area contributed by atoms with Crippen molar-refractivity contribution in [3.8, 4) is 16.9 Å². The maximum absolute atomic E-state index is 13.4. The molecule has 1 aliphatic rings. The fraction of sp³-hybridized carbons (Fsp3) is 0.304. The number of carboxylic acid groups (broad SMARTS) is 1. The van der Waals surface area contributed by atoms with E-state index >= 15 is 0 Å². The van der Waals surface area contributed by atoms with E-state index in [-0.39, 0.29) is 11.6 Å². The summed E-state index contributed by atoms with van der Waals surface area (Å²) in [6.45, 7) is 1.64. The predicted molar refractivity (Wildman–Crippen MR) is 110 cm³/mol. The molecule has 1 saturated heterocycles. The van der Waals surface area contributed by atoms with E-state index in [1.807, 2.05) is 0 Å². The van der Waals surface area contributed by atoms with Gasteiger partial charge in [-0.05, 0) is 68.4 Å². The van der Waals surface area contributed by atoms with Crippen molar-refractivity contribution in [2.75, 3.05) is 13.1 Å². The average Bonchev–Trinajstić information content (AvgIpc) is 3.18. The third kappa shape index (κ3) is 4.83.